The number of carbonyl (C=O) groups is 1. The van der Waals surface area contributed by atoms with E-state index in [4.69, 9.17) is 41.9 Å². The predicted octanol–water partition coefficient (Wildman–Crippen LogP) is -8.22. The fraction of sp³-hybridized carbons (Fsp3) is 0.958. The van der Waals surface area contributed by atoms with Crippen LogP contribution in [0.2, 0.25) is 0 Å². The van der Waals surface area contributed by atoms with Crippen LogP contribution in [0, 0.1) is 0 Å². The van der Waals surface area contributed by atoms with E-state index in [1.54, 1.807) is 0 Å². The molecule has 0 aromatic carbocycles. The number of aliphatic hydroxyl groups excluding tert-OH is 6. The van der Waals surface area contributed by atoms with E-state index in [1.165, 1.54) is 0 Å². The van der Waals surface area contributed by atoms with Crippen LogP contribution in [0.25, 0.3) is 0 Å². The van der Waals surface area contributed by atoms with Crippen LogP contribution in [0.15, 0.2) is 0 Å². The minimum atomic E-state index is -1.57. The summed E-state index contributed by atoms with van der Waals surface area (Å²) in [6.45, 7) is 0.458. The normalized spacial score (nSPS) is 45.7. The van der Waals surface area contributed by atoms with Crippen LogP contribution < -0.4 is 38.9 Å². The van der Waals surface area contributed by atoms with Crippen LogP contribution in [-0.4, -0.2) is 167 Å². The highest BCUT2D eigenvalue weighted by Crippen LogP contribution is 2.32. The van der Waals surface area contributed by atoms with Crippen molar-refractivity contribution in [2.45, 2.75) is 111 Å². The van der Waals surface area contributed by atoms with Crippen molar-refractivity contribution in [1.29, 1.82) is 0 Å². The van der Waals surface area contributed by atoms with Crippen LogP contribution in [0.4, 0.5) is 0 Å². The van der Waals surface area contributed by atoms with Gasteiger partial charge in [-0.1, -0.05) is 0 Å². The lowest BCUT2D eigenvalue weighted by molar-refractivity contribution is -0.316. The van der Waals surface area contributed by atoms with E-state index in [-0.39, 0.29) is 32.0 Å². The summed E-state index contributed by atoms with van der Waals surface area (Å²) in [6.07, 6.45) is -13.6. The van der Waals surface area contributed by atoms with Crippen molar-refractivity contribution in [3.8, 4) is 0 Å². The van der Waals surface area contributed by atoms with Crippen LogP contribution in [0.5, 0.6) is 0 Å². The Morgan fingerprint density at radius 3 is 2.19 bits per heavy atom. The van der Waals surface area contributed by atoms with Gasteiger partial charge in [-0.2, -0.15) is 0 Å². The summed E-state index contributed by atoms with van der Waals surface area (Å²) in [5.74, 6) is -0.839. The Kier molecular flexibility index (Phi) is 11.8. The summed E-state index contributed by atoms with van der Waals surface area (Å²) in [5.41, 5.74) is 23.6. The molecule has 15 atom stereocenters. The van der Waals surface area contributed by atoms with E-state index >= 15 is 0 Å². The van der Waals surface area contributed by atoms with Crippen molar-refractivity contribution >= 4 is 5.91 Å². The Bertz CT molecular complexity index is 877. The molecule has 42 heavy (non-hydrogen) atoms. The standard InChI is InChI=1S/C24H47N7O11/c25-3-13(34)22(38)31-10-1-9(27)20(19(37)21(10)42-24-18(36)16(28)17(35)15(7-32)40-24)41-23-11(30-8-5-29-6-8)2-12(33)14(4-26)39-23/h8-21,23-24,29-30,32-37H,1-7,25-28H2,(H,31,38)/t9-,10+,11+,12-,13-,14+,15+,16-,17+,18+,19-,20+,21-,23+,24+/m0/s1. The zero-order chi connectivity index (χ0) is 30.7. The SMILES string of the molecule is NC[C@H](O)C(=O)N[C@@H]1C[C@H](N)[C@@H](O[C@H]2O[C@H](CN)[C@@H](O)C[C@H]2NC2CNC2)[C@H](O)[C@H]1O[C@H]1O[C@H](CO)[C@@H](O)[C@H](N)[C@H]1O. The molecule has 18 heteroatoms. The average molecular weight is 610 g/mol. The number of hydrogen-bond donors (Lipinski definition) is 13. The molecule has 1 amide bonds. The van der Waals surface area contributed by atoms with Gasteiger partial charge in [0, 0.05) is 38.3 Å². The summed E-state index contributed by atoms with van der Waals surface area (Å²) in [4.78, 5) is 12.5. The summed E-state index contributed by atoms with van der Waals surface area (Å²) in [5, 5.41) is 71.6. The Morgan fingerprint density at radius 2 is 1.60 bits per heavy atom. The maximum Gasteiger partial charge on any atom is 0.250 e. The fourth-order valence-corrected chi connectivity index (χ4v) is 5.74. The molecule has 3 aliphatic heterocycles. The lowest BCUT2D eigenvalue weighted by Gasteiger charge is -2.49. The van der Waals surface area contributed by atoms with Gasteiger partial charge in [0.25, 0.3) is 0 Å². The maximum atomic E-state index is 12.5. The maximum absolute atomic E-state index is 12.5. The molecule has 17 N–H and O–H groups in total. The van der Waals surface area contributed by atoms with Crippen molar-refractivity contribution in [2.75, 3.05) is 32.8 Å². The largest absolute Gasteiger partial charge is 0.394 e. The van der Waals surface area contributed by atoms with Crippen LogP contribution in [0.3, 0.4) is 0 Å². The van der Waals surface area contributed by atoms with E-state index in [1.807, 2.05) is 0 Å². The molecule has 0 aromatic rings. The second-order valence-electron chi connectivity index (χ2n) is 11.5. The quantitative estimate of drug-likeness (QED) is 0.103. The Labute approximate surface area is 242 Å². The highest BCUT2D eigenvalue weighted by Gasteiger charge is 2.51. The molecule has 4 rings (SSSR count). The minimum absolute atomic E-state index is 0.0172. The van der Waals surface area contributed by atoms with Gasteiger partial charge in [-0.3, -0.25) is 4.79 Å². The number of rotatable bonds is 11. The summed E-state index contributed by atoms with van der Waals surface area (Å²) < 4.78 is 23.7. The number of carbonyl (C=O) groups excluding carboxylic acids is 1. The number of nitrogens with two attached hydrogens (primary N) is 4. The summed E-state index contributed by atoms with van der Waals surface area (Å²) in [6, 6.07) is -3.52. The first-order valence-corrected chi connectivity index (χ1v) is 14.3. The first-order chi connectivity index (χ1) is 20.0. The highest BCUT2D eigenvalue weighted by molar-refractivity contribution is 5.81. The molecule has 0 spiro atoms. The smallest absolute Gasteiger partial charge is 0.250 e. The first-order valence-electron chi connectivity index (χ1n) is 14.3. The Hall–Kier alpha value is -1.17. The zero-order valence-corrected chi connectivity index (χ0v) is 23.2. The lowest BCUT2D eigenvalue weighted by atomic mass is 9.83. The molecule has 1 saturated carbocycles. The molecule has 4 fully saturated rings. The number of amides is 1. The van der Waals surface area contributed by atoms with Crippen molar-refractivity contribution in [1.82, 2.24) is 16.0 Å². The van der Waals surface area contributed by atoms with Crippen LogP contribution >= 0.6 is 0 Å². The van der Waals surface area contributed by atoms with Gasteiger partial charge >= 0.3 is 0 Å². The van der Waals surface area contributed by atoms with Gasteiger partial charge in [0.05, 0.1) is 36.9 Å². The third kappa shape index (κ3) is 7.37. The first kappa shape index (κ1) is 33.7. The van der Waals surface area contributed by atoms with Gasteiger partial charge < -0.3 is 88.5 Å². The molecule has 0 aromatic heterocycles. The summed E-state index contributed by atoms with van der Waals surface area (Å²) >= 11 is 0. The van der Waals surface area contributed by atoms with Gasteiger partial charge in [0.2, 0.25) is 5.91 Å². The van der Waals surface area contributed by atoms with Gasteiger partial charge in [0.15, 0.2) is 12.6 Å². The van der Waals surface area contributed by atoms with E-state index in [0.717, 1.165) is 0 Å². The topological polar surface area (TPSA) is 316 Å². The molecule has 3 saturated heterocycles. The monoisotopic (exact) mass is 609 g/mol. The molecule has 0 bridgehead atoms. The molecule has 1 aliphatic carbocycles. The van der Waals surface area contributed by atoms with Gasteiger partial charge in [-0.05, 0) is 12.8 Å². The lowest BCUT2D eigenvalue weighted by Crippen LogP contribution is -2.70. The van der Waals surface area contributed by atoms with Gasteiger partial charge in [-0.25, -0.2) is 0 Å². The van der Waals surface area contributed by atoms with Gasteiger partial charge in [0.1, 0.15) is 42.7 Å². The number of aliphatic hydroxyl groups is 6. The molecule has 0 unspecified atom stereocenters. The molecule has 4 aliphatic rings. The zero-order valence-electron chi connectivity index (χ0n) is 23.2. The second kappa shape index (κ2) is 14.7. The predicted molar refractivity (Wildman–Crippen MR) is 143 cm³/mol. The minimum Gasteiger partial charge on any atom is -0.394 e. The van der Waals surface area contributed by atoms with E-state index in [2.05, 4.69) is 16.0 Å². The second-order valence-corrected chi connectivity index (χ2v) is 11.5. The molecule has 3 heterocycles. The van der Waals surface area contributed by atoms with Crippen molar-refractivity contribution in [3.63, 3.8) is 0 Å². The van der Waals surface area contributed by atoms with Crippen molar-refractivity contribution in [2.24, 2.45) is 22.9 Å². The van der Waals surface area contributed by atoms with Crippen LogP contribution in [-0.2, 0) is 23.7 Å². The highest BCUT2D eigenvalue weighted by atomic mass is 16.7. The van der Waals surface area contributed by atoms with E-state index < -0.39 is 104 Å². The Balaban J connectivity index is 1.55. The van der Waals surface area contributed by atoms with E-state index in [0.29, 0.717) is 13.1 Å². The third-order valence-corrected chi connectivity index (χ3v) is 8.42. The average Bonchev–Trinajstić information content (AvgIpc) is 2.95. The molecular formula is C24H47N7O11. The van der Waals surface area contributed by atoms with Crippen LogP contribution in [0.1, 0.15) is 12.8 Å². The summed E-state index contributed by atoms with van der Waals surface area (Å²) in [7, 11) is 0. The Morgan fingerprint density at radius 1 is 0.929 bits per heavy atom. The number of hydrogen-bond acceptors (Lipinski definition) is 17. The van der Waals surface area contributed by atoms with Crippen molar-refractivity contribution in [3.05, 3.63) is 0 Å². The van der Waals surface area contributed by atoms with E-state index in [9.17, 15) is 35.4 Å². The molecule has 0 radical (unpaired) electrons. The molecular weight excluding hydrogens is 562 g/mol. The van der Waals surface area contributed by atoms with Gasteiger partial charge in [-0.15, -0.1) is 0 Å². The number of nitrogens with one attached hydrogen (secondary N) is 3. The van der Waals surface area contributed by atoms with Crippen molar-refractivity contribution < 1.29 is 54.4 Å². The fourth-order valence-electron chi connectivity index (χ4n) is 5.74. The molecule has 18 nitrogen and oxygen atoms in total. The number of ether oxygens (including phenoxy) is 4. The molecule has 244 valence electrons. The third-order valence-electron chi connectivity index (χ3n) is 8.42.